The zero-order valence-corrected chi connectivity index (χ0v) is 3.68. The second kappa shape index (κ2) is 2.17. The third kappa shape index (κ3) is 4.94. The van der Waals surface area contributed by atoms with Crippen LogP contribution in [0, 0.1) is 0 Å². The van der Waals surface area contributed by atoms with E-state index in [1.54, 1.807) is 0 Å². The van der Waals surface area contributed by atoms with Gasteiger partial charge in [0.25, 0.3) is 0 Å². The van der Waals surface area contributed by atoms with Crippen LogP contribution in [-0.2, 0) is 9.59 Å². The van der Waals surface area contributed by atoms with Crippen molar-refractivity contribution in [2.45, 2.75) is 6.42 Å². The molecular weight excluding hydrogens is 99.0 g/mol. The van der Waals surface area contributed by atoms with E-state index >= 15 is 0 Å². The number of hydrogen-bond acceptors (Lipinski definition) is 2. The Morgan fingerprint density at radius 3 is 1.43 bits per heavy atom. The van der Waals surface area contributed by atoms with Gasteiger partial charge in [-0.05, 0) is 0 Å². The molecule has 0 bridgehead atoms. The number of nitrogens with two attached hydrogens (primary N) is 2. The fraction of sp³-hybridized carbons (Fsp3) is 0.333. The average molecular weight is 105 g/mol. The maximum Gasteiger partial charge on any atom is 0.226 e. The van der Waals surface area contributed by atoms with Crippen molar-refractivity contribution in [3.8, 4) is 0 Å². The molecule has 4 N–H and O–H groups in total. The Labute approximate surface area is 40.5 Å². The van der Waals surface area contributed by atoms with E-state index in [4.69, 9.17) is 0 Å². The summed E-state index contributed by atoms with van der Waals surface area (Å²) in [7, 11) is 0. The van der Waals surface area contributed by atoms with Crippen LogP contribution in [0.1, 0.15) is 6.42 Å². The van der Waals surface area contributed by atoms with Gasteiger partial charge in [-0.15, -0.1) is 0 Å². The molecule has 0 saturated carbocycles. The van der Waals surface area contributed by atoms with Crippen molar-refractivity contribution in [1.82, 2.24) is 0 Å². The Morgan fingerprint density at radius 2 is 1.43 bits per heavy atom. The Hall–Kier alpha value is -1.06. The fourth-order valence-electron chi connectivity index (χ4n) is 0.172. The summed E-state index contributed by atoms with van der Waals surface area (Å²) in [6.45, 7) is 0. The zero-order chi connectivity index (χ0) is 5.86. The summed E-state index contributed by atoms with van der Waals surface area (Å²) in [4.78, 5) is 19.5. The van der Waals surface area contributed by atoms with E-state index < -0.39 is 11.8 Å². The summed E-state index contributed by atoms with van der Waals surface area (Å²) < 4.78 is 0. The first-order chi connectivity index (χ1) is 3.13. The lowest BCUT2D eigenvalue weighted by molar-refractivity contribution is -0.125. The van der Waals surface area contributed by atoms with Gasteiger partial charge in [-0.1, -0.05) is 0 Å². The number of rotatable bonds is 2. The van der Waals surface area contributed by atoms with Crippen LogP contribution in [0.4, 0.5) is 0 Å². The molecule has 0 fully saturated rings. The largest absolute Gasteiger partial charge is 0.369 e. The molecule has 0 aromatic carbocycles. The second-order valence-electron chi connectivity index (χ2n) is 1.11. The van der Waals surface area contributed by atoms with E-state index in [1.807, 2.05) is 0 Å². The monoisotopic (exact) mass is 105 g/mol. The predicted octanol–water partition coefficient (Wildman–Crippen LogP) is -1.65. The number of amides is 2. The van der Waals surface area contributed by atoms with Crippen LogP contribution in [0.25, 0.3) is 0 Å². The molecule has 0 aromatic rings. The third-order valence-corrected chi connectivity index (χ3v) is 0.348. The molecule has 0 unspecified atom stereocenters. The first-order valence-corrected chi connectivity index (χ1v) is 1.69. The molecule has 40 valence electrons. The van der Waals surface area contributed by atoms with Crippen molar-refractivity contribution in [3.05, 3.63) is 0 Å². The second-order valence-corrected chi connectivity index (χ2v) is 1.11. The summed E-state index contributed by atoms with van der Waals surface area (Å²) in [6, 6.07) is 0. The summed E-state index contributed by atoms with van der Waals surface area (Å²) in [5.41, 5.74) is 9.11. The highest BCUT2D eigenvalue weighted by molar-refractivity contribution is 5.95. The molecule has 0 saturated heterocycles. The lowest BCUT2D eigenvalue weighted by Gasteiger charge is -1.82. The fourth-order valence-corrected chi connectivity index (χ4v) is 0.172. The molecule has 0 aromatic heterocycles. The van der Waals surface area contributed by atoms with E-state index in [2.05, 4.69) is 11.5 Å². The van der Waals surface area contributed by atoms with E-state index in [0.717, 1.165) is 0 Å². The van der Waals surface area contributed by atoms with Crippen molar-refractivity contribution in [2.24, 2.45) is 11.5 Å². The molecule has 0 aliphatic heterocycles. The summed E-state index contributed by atoms with van der Waals surface area (Å²) in [5.74, 6) is -1.37. The number of hydrogen-bond donors (Lipinski definition) is 2. The molecule has 0 rings (SSSR count). The Morgan fingerprint density at radius 1 is 1.14 bits per heavy atom. The maximum atomic E-state index is 9.73. The molecule has 7 heavy (non-hydrogen) atoms. The maximum absolute atomic E-state index is 9.73. The number of primary amides is 2. The Bertz CT molecular complexity index is 87.1. The third-order valence-electron chi connectivity index (χ3n) is 0.348. The van der Waals surface area contributed by atoms with Crippen molar-refractivity contribution in [3.63, 3.8) is 0 Å². The van der Waals surface area contributed by atoms with Crippen LogP contribution < -0.4 is 11.5 Å². The topological polar surface area (TPSA) is 86.2 Å². The van der Waals surface area contributed by atoms with Gasteiger partial charge in [-0.3, -0.25) is 9.59 Å². The minimum absolute atomic E-state index is 0.361. The molecule has 0 heterocycles. The van der Waals surface area contributed by atoms with E-state index in [0.29, 0.717) is 0 Å². The summed E-state index contributed by atoms with van der Waals surface area (Å²) >= 11 is 0. The highest BCUT2D eigenvalue weighted by Crippen LogP contribution is 1.68. The zero-order valence-electron chi connectivity index (χ0n) is 3.68. The van der Waals surface area contributed by atoms with Gasteiger partial charge < -0.3 is 11.5 Å². The van der Waals surface area contributed by atoms with E-state index in [-0.39, 0.29) is 6.42 Å². The van der Waals surface area contributed by atoms with Crippen LogP contribution in [0.15, 0.2) is 0 Å². The van der Waals surface area contributed by atoms with Crippen molar-refractivity contribution >= 4 is 11.8 Å². The standard InChI is InChI=1S/C3H6N2O2/c4-2(6)1-3(5)7/h1H2,(H2,4,6)(H2,5,7)/i1+1,2+1,3+1. The molecular formula is C3H6N2O2. The minimum atomic E-state index is -0.687. The smallest absolute Gasteiger partial charge is 0.226 e. The molecule has 0 aliphatic carbocycles. The van der Waals surface area contributed by atoms with Gasteiger partial charge in [0, 0.05) is 0 Å². The average Bonchev–Trinajstić information content (AvgIpc) is 1.27. The van der Waals surface area contributed by atoms with Gasteiger partial charge in [-0.25, -0.2) is 0 Å². The number of carbonyl (C=O) groups excluding carboxylic acids is 2. The molecule has 0 aliphatic rings. The molecule has 0 radical (unpaired) electrons. The summed E-state index contributed by atoms with van der Waals surface area (Å²) in [5, 5.41) is 0. The summed E-state index contributed by atoms with van der Waals surface area (Å²) in [6.07, 6.45) is -0.361. The highest BCUT2D eigenvalue weighted by Gasteiger charge is 1.96. The van der Waals surface area contributed by atoms with Gasteiger partial charge in [0.05, 0.1) is 0 Å². The van der Waals surface area contributed by atoms with Crippen LogP contribution in [0.5, 0.6) is 0 Å². The Balaban J connectivity index is 3.32. The van der Waals surface area contributed by atoms with Gasteiger partial charge in [0.15, 0.2) is 0 Å². The van der Waals surface area contributed by atoms with Gasteiger partial charge in [-0.2, -0.15) is 0 Å². The molecule has 0 atom stereocenters. The van der Waals surface area contributed by atoms with E-state index in [1.165, 1.54) is 0 Å². The normalized spacial score (nSPS) is 8.00. The lowest BCUT2D eigenvalue weighted by Crippen LogP contribution is -2.21. The van der Waals surface area contributed by atoms with Crippen molar-refractivity contribution in [1.29, 1.82) is 0 Å². The molecule has 4 heteroatoms. The van der Waals surface area contributed by atoms with Crippen LogP contribution in [0.3, 0.4) is 0 Å². The van der Waals surface area contributed by atoms with Crippen molar-refractivity contribution < 1.29 is 9.59 Å². The highest BCUT2D eigenvalue weighted by atomic mass is 16.2. The van der Waals surface area contributed by atoms with E-state index in [9.17, 15) is 9.59 Å². The molecule has 0 spiro atoms. The van der Waals surface area contributed by atoms with Crippen LogP contribution in [0.2, 0.25) is 0 Å². The molecule has 2 amide bonds. The molecule has 4 nitrogen and oxygen atoms in total. The lowest BCUT2D eigenvalue weighted by atomic mass is 11.3. The van der Waals surface area contributed by atoms with Gasteiger partial charge in [0.2, 0.25) is 11.8 Å². The first-order valence-electron chi connectivity index (χ1n) is 1.69. The van der Waals surface area contributed by atoms with Gasteiger partial charge >= 0.3 is 0 Å². The number of carbonyl (C=O) groups is 2. The van der Waals surface area contributed by atoms with Crippen molar-refractivity contribution in [2.75, 3.05) is 0 Å². The quantitative estimate of drug-likeness (QED) is 0.325. The SMILES string of the molecule is N[13C](=O)[13CH2][13C](N)=O. The minimum Gasteiger partial charge on any atom is -0.369 e. The van der Waals surface area contributed by atoms with Gasteiger partial charge in [0.1, 0.15) is 6.42 Å². The Kier molecular flexibility index (Phi) is 1.84. The predicted molar refractivity (Wildman–Crippen MR) is 23.0 cm³/mol. The van der Waals surface area contributed by atoms with Crippen LogP contribution >= 0.6 is 0 Å². The first kappa shape index (κ1) is 5.94. The van der Waals surface area contributed by atoms with Crippen LogP contribution in [-0.4, -0.2) is 11.8 Å².